The molecule has 2 aromatic rings. The molecule has 0 spiro atoms. The highest BCUT2D eigenvalue weighted by atomic mass is 35.5. The Morgan fingerprint density at radius 3 is 2.80 bits per heavy atom. The summed E-state index contributed by atoms with van der Waals surface area (Å²) in [5, 5.41) is 4.78. The average molecular weight is 329 g/mol. The van der Waals surface area contributed by atoms with Gasteiger partial charge in [-0.25, -0.2) is 4.98 Å². The zero-order valence-corrected chi connectivity index (χ0v) is 13.9. The molecule has 0 saturated heterocycles. The maximum Gasteiger partial charge on any atom is 0.230 e. The standard InChI is InChI=1S/C14H17ClN2OS2/c1-10(2)17(8-12-4-3-5-19-12)14(18)6-13-16-11(7-15)9-20-13/h3-5,9-10H,6-8H2,1-2H3. The first-order valence-electron chi connectivity index (χ1n) is 6.41. The van der Waals surface area contributed by atoms with Crippen molar-refractivity contribution >= 4 is 40.2 Å². The maximum atomic E-state index is 12.4. The third-order valence-electron chi connectivity index (χ3n) is 2.89. The van der Waals surface area contributed by atoms with Gasteiger partial charge < -0.3 is 4.90 Å². The second-order valence-corrected chi connectivity index (χ2v) is 6.98. The van der Waals surface area contributed by atoms with Crippen LogP contribution in [0.5, 0.6) is 0 Å². The first kappa shape index (κ1) is 15.5. The van der Waals surface area contributed by atoms with E-state index in [0.717, 1.165) is 10.7 Å². The second kappa shape index (κ2) is 7.20. The minimum absolute atomic E-state index is 0.115. The molecule has 0 atom stereocenters. The summed E-state index contributed by atoms with van der Waals surface area (Å²) in [6, 6.07) is 4.25. The Kier molecular flexibility index (Phi) is 5.57. The van der Waals surface area contributed by atoms with Crippen LogP contribution in [0.1, 0.15) is 29.4 Å². The highest BCUT2D eigenvalue weighted by Crippen LogP contribution is 2.17. The van der Waals surface area contributed by atoms with Crippen molar-refractivity contribution in [3.63, 3.8) is 0 Å². The zero-order chi connectivity index (χ0) is 14.5. The summed E-state index contributed by atoms with van der Waals surface area (Å²) in [5.74, 6) is 0.511. The van der Waals surface area contributed by atoms with Gasteiger partial charge in [0.05, 0.1) is 24.5 Å². The number of aromatic nitrogens is 1. The quantitative estimate of drug-likeness (QED) is 0.753. The monoisotopic (exact) mass is 328 g/mol. The fourth-order valence-electron chi connectivity index (χ4n) is 1.85. The molecule has 0 bridgehead atoms. The van der Waals surface area contributed by atoms with Gasteiger partial charge in [0.15, 0.2) is 0 Å². The number of rotatable bonds is 6. The number of hydrogen-bond donors (Lipinski definition) is 0. The Morgan fingerprint density at radius 2 is 2.25 bits per heavy atom. The van der Waals surface area contributed by atoms with Gasteiger partial charge in [0.2, 0.25) is 5.91 Å². The van der Waals surface area contributed by atoms with Gasteiger partial charge in [-0.1, -0.05) is 6.07 Å². The van der Waals surface area contributed by atoms with Crippen molar-refractivity contribution in [3.8, 4) is 0 Å². The molecule has 2 heterocycles. The minimum atomic E-state index is 0.115. The molecule has 0 aliphatic rings. The smallest absolute Gasteiger partial charge is 0.230 e. The topological polar surface area (TPSA) is 33.2 Å². The van der Waals surface area contributed by atoms with Crippen LogP contribution in [-0.2, 0) is 23.6 Å². The fraction of sp³-hybridized carbons (Fsp3) is 0.429. The summed E-state index contributed by atoms with van der Waals surface area (Å²) >= 11 is 8.91. The molecule has 20 heavy (non-hydrogen) atoms. The molecule has 0 saturated carbocycles. The van der Waals surface area contributed by atoms with E-state index in [-0.39, 0.29) is 11.9 Å². The number of amides is 1. The Labute approximate surface area is 132 Å². The SMILES string of the molecule is CC(C)N(Cc1cccs1)C(=O)Cc1nc(CCl)cs1. The van der Waals surface area contributed by atoms with Gasteiger partial charge in [-0.2, -0.15) is 0 Å². The first-order chi connectivity index (χ1) is 9.60. The molecule has 0 radical (unpaired) electrons. The molecule has 2 aromatic heterocycles. The molecule has 0 aromatic carbocycles. The lowest BCUT2D eigenvalue weighted by molar-refractivity contribution is -0.132. The molecule has 0 unspecified atom stereocenters. The number of thiophene rings is 1. The van der Waals surface area contributed by atoms with Crippen LogP contribution in [0.25, 0.3) is 0 Å². The van der Waals surface area contributed by atoms with E-state index in [1.54, 1.807) is 11.3 Å². The summed E-state index contributed by atoms with van der Waals surface area (Å²) in [6.07, 6.45) is 0.352. The zero-order valence-electron chi connectivity index (χ0n) is 11.5. The normalized spacial score (nSPS) is 11.0. The predicted molar refractivity (Wildman–Crippen MR) is 85.4 cm³/mol. The van der Waals surface area contributed by atoms with E-state index in [2.05, 4.69) is 11.1 Å². The number of alkyl halides is 1. The summed E-state index contributed by atoms with van der Waals surface area (Å²) in [6.45, 7) is 4.75. The molecule has 0 N–H and O–H groups in total. The number of carbonyl (C=O) groups is 1. The highest BCUT2D eigenvalue weighted by Gasteiger charge is 2.19. The molecule has 0 aliphatic heterocycles. The molecule has 0 fully saturated rings. The number of thiazole rings is 1. The second-order valence-electron chi connectivity index (χ2n) is 4.74. The van der Waals surface area contributed by atoms with Gasteiger partial charge in [0.25, 0.3) is 0 Å². The first-order valence-corrected chi connectivity index (χ1v) is 8.70. The number of hydrogen-bond acceptors (Lipinski definition) is 4. The summed E-state index contributed by atoms with van der Waals surface area (Å²) in [5.41, 5.74) is 0.842. The Morgan fingerprint density at radius 1 is 1.45 bits per heavy atom. The Bertz CT molecular complexity index is 551. The highest BCUT2D eigenvalue weighted by molar-refractivity contribution is 7.10. The number of nitrogens with zero attached hydrogens (tertiary/aromatic N) is 2. The van der Waals surface area contributed by atoms with Gasteiger partial charge >= 0.3 is 0 Å². The van der Waals surface area contributed by atoms with Gasteiger partial charge in [-0.3, -0.25) is 4.79 Å². The van der Waals surface area contributed by atoms with Crippen LogP contribution in [0, 0.1) is 0 Å². The van der Waals surface area contributed by atoms with Crippen molar-refractivity contribution in [1.82, 2.24) is 9.88 Å². The van der Waals surface area contributed by atoms with E-state index < -0.39 is 0 Å². The average Bonchev–Trinajstić information content (AvgIpc) is 3.06. The number of halogens is 1. The van der Waals surface area contributed by atoms with Crippen LogP contribution >= 0.6 is 34.3 Å². The van der Waals surface area contributed by atoms with Crippen LogP contribution < -0.4 is 0 Å². The Balaban J connectivity index is 2.03. The van der Waals surface area contributed by atoms with Gasteiger partial charge in [0.1, 0.15) is 5.01 Å². The Hall–Kier alpha value is -0.910. The van der Waals surface area contributed by atoms with E-state index in [9.17, 15) is 4.79 Å². The van der Waals surface area contributed by atoms with Crippen molar-refractivity contribution in [2.24, 2.45) is 0 Å². The van der Waals surface area contributed by atoms with Gasteiger partial charge in [0, 0.05) is 16.3 Å². The maximum absolute atomic E-state index is 12.4. The van der Waals surface area contributed by atoms with E-state index >= 15 is 0 Å². The van der Waals surface area contributed by atoms with Crippen LogP contribution in [0.15, 0.2) is 22.9 Å². The fourth-order valence-corrected chi connectivity index (χ4v) is 3.57. The largest absolute Gasteiger partial charge is 0.335 e. The van der Waals surface area contributed by atoms with Crippen LogP contribution in [-0.4, -0.2) is 21.8 Å². The molecular formula is C14H17ClN2OS2. The van der Waals surface area contributed by atoms with E-state index in [0.29, 0.717) is 18.8 Å². The molecule has 1 amide bonds. The minimum Gasteiger partial charge on any atom is -0.335 e. The summed E-state index contributed by atoms with van der Waals surface area (Å²) in [7, 11) is 0. The lowest BCUT2D eigenvalue weighted by Gasteiger charge is -2.26. The van der Waals surface area contributed by atoms with Crippen molar-refractivity contribution in [1.29, 1.82) is 0 Å². The lowest BCUT2D eigenvalue weighted by Crippen LogP contribution is -2.37. The van der Waals surface area contributed by atoms with E-state index in [1.807, 2.05) is 35.6 Å². The van der Waals surface area contributed by atoms with Crippen LogP contribution in [0.4, 0.5) is 0 Å². The van der Waals surface area contributed by atoms with E-state index in [1.165, 1.54) is 16.2 Å². The van der Waals surface area contributed by atoms with Gasteiger partial charge in [-0.05, 0) is 25.3 Å². The molecule has 6 heteroatoms. The van der Waals surface area contributed by atoms with E-state index in [4.69, 9.17) is 11.6 Å². The summed E-state index contributed by atoms with van der Waals surface area (Å²) < 4.78 is 0. The van der Waals surface area contributed by atoms with Crippen molar-refractivity contribution in [2.45, 2.75) is 38.7 Å². The van der Waals surface area contributed by atoms with Crippen molar-refractivity contribution < 1.29 is 4.79 Å². The summed E-state index contributed by atoms with van der Waals surface area (Å²) in [4.78, 5) is 19.9. The molecule has 2 rings (SSSR count). The molecule has 3 nitrogen and oxygen atoms in total. The molecule has 0 aliphatic carbocycles. The van der Waals surface area contributed by atoms with Crippen molar-refractivity contribution in [2.75, 3.05) is 0 Å². The third-order valence-corrected chi connectivity index (χ3v) is 4.92. The molecule has 108 valence electrons. The predicted octanol–water partition coefficient (Wildman–Crippen LogP) is 3.92. The van der Waals surface area contributed by atoms with Crippen LogP contribution in [0.3, 0.4) is 0 Å². The third kappa shape index (κ3) is 4.04. The molecular weight excluding hydrogens is 312 g/mol. The van der Waals surface area contributed by atoms with Crippen LogP contribution in [0.2, 0.25) is 0 Å². The van der Waals surface area contributed by atoms with Crippen molar-refractivity contribution in [3.05, 3.63) is 38.5 Å². The number of carbonyl (C=O) groups excluding carboxylic acids is 1. The van der Waals surface area contributed by atoms with Gasteiger partial charge in [-0.15, -0.1) is 34.3 Å². The lowest BCUT2D eigenvalue weighted by atomic mass is 10.2.